The van der Waals surface area contributed by atoms with Crippen molar-refractivity contribution in [3.8, 4) is 0 Å². The van der Waals surface area contributed by atoms with Crippen LogP contribution in [0.25, 0.3) is 0 Å². The first-order chi connectivity index (χ1) is 10.1. The maximum atomic E-state index is 12.6. The van der Waals surface area contributed by atoms with Gasteiger partial charge in [0.2, 0.25) is 5.91 Å². The second kappa shape index (κ2) is 5.72. The van der Waals surface area contributed by atoms with Crippen molar-refractivity contribution in [1.82, 2.24) is 0 Å². The summed E-state index contributed by atoms with van der Waals surface area (Å²) in [4.78, 5) is 12.6. The van der Waals surface area contributed by atoms with Gasteiger partial charge in [0.05, 0.1) is 5.92 Å². The lowest BCUT2D eigenvalue weighted by molar-refractivity contribution is -0.117. The topological polar surface area (TPSA) is 29.1 Å². The quantitative estimate of drug-likeness (QED) is 0.869. The van der Waals surface area contributed by atoms with Crippen LogP contribution < -0.4 is 5.32 Å². The van der Waals surface area contributed by atoms with Gasteiger partial charge in [0.1, 0.15) is 0 Å². The van der Waals surface area contributed by atoms with E-state index in [-0.39, 0.29) is 11.8 Å². The zero-order valence-electron chi connectivity index (χ0n) is 12.6. The normalized spacial score (nSPS) is 17.1. The van der Waals surface area contributed by atoms with Crippen LogP contribution in [-0.4, -0.2) is 5.91 Å². The summed E-state index contributed by atoms with van der Waals surface area (Å²) in [6.45, 7) is 4.15. The van der Waals surface area contributed by atoms with Crippen molar-refractivity contribution in [3.63, 3.8) is 0 Å². The summed E-state index contributed by atoms with van der Waals surface area (Å²) >= 11 is 0. The minimum atomic E-state index is -0.0171. The molecule has 2 heteroatoms. The van der Waals surface area contributed by atoms with Gasteiger partial charge >= 0.3 is 0 Å². The lowest BCUT2D eigenvalue weighted by Gasteiger charge is -2.24. The molecule has 1 aliphatic carbocycles. The van der Waals surface area contributed by atoms with Gasteiger partial charge in [-0.15, -0.1) is 0 Å². The zero-order chi connectivity index (χ0) is 14.8. The molecule has 0 saturated carbocycles. The van der Waals surface area contributed by atoms with Gasteiger partial charge in [0, 0.05) is 5.69 Å². The Morgan fingerprint density at radius 2 is 1.90 bits per heavy atom. The van der Waals surface area contributed by atoms with Gasteiger partial charge in [-0.1, -0.05) is 30.3 Å². The molecule has 0 radical (unpaired) electrons. The third-order valence-electron chi connectivity index (χ3n) is 4.46. The smallest absolute Gasteiger partial charge is 0.231 e. The van der Waals surface area contributed by atoms with Crippen molar-refractivity contribution in [1.29, 1.82) is 0 Å². The van der Waals surface area contributed by atoms with Crippen LogP contribution in [-0.2, 0) is 11.2 Å². The van der Waals surface area contributed by atoms with Crippen molar-refractivity contribution in [3.05, 3.63) is 64.7 Å². The number of aryl methyl sites for hydroxylation is 3. The largest absolute Gasteiger partial charge is 0.326 e. The second-order valence-corrected chi connectivity index (χ2v) is 5.93. The van der Waals surface area contributed by atoms with Crippen LogP contribution in [0.5, 0.6) is 0 Å². The van der Waals surface area contributed by atoms with Crippen molar-refractivity contribution in [2.75, 3.05) is 5.32 Å². The number of fused-ring (bicyclic) bond motifs is 1. The molecule has 0 aromatic heterocycles. The van der Waals surface area contributed by atoms with E-state index in [0.717, 1.165) is 24.9 Å². The van der Waals surface area contributed by atoms with Gasteiger partial charge in [0.25, 0.3) is 0 Å². The molecule has 1 unspecified atom stereocenters. The van der Waals surface area contributed by atoms with Crippen LogP contribution in [0.4, 0.5) is 5.69 Å². The second-order valence-electron chi connectivity index (χ2n) is 5.93. The van der Waals surface area contributed by atoms with Gasteiger partial charge in [-0.2, -0.15) is 0 Å². The summed E-state index contributed by atoms with van der Waals surface area (Å²) in [6, 6.07) is 14.4. The van der Waals surface area contributed by atoms with E-state index in [1.54, 1.807) is 0 Å². The van der Waals surface area contributed by atoms with Crippen molar-refractivity contribution in [2.24, 2.45) is 0 Å². The highest BCUT2D eigenvalue weighted by atomic mass is 16.1. The van der Waals surface area contributed by atoms with Crippen molar-refractivity contribution >= 4 is 11.6 Å². The molecular formula is C19H21NO. The SMILES string of the molecule is Cc1ccc(NC(=O)C2CCCc3ccccc32)cc1C. The number of anilines is 1. The fraction of sp³-hybridized carbons (Fsp3) is 0.316. The molecule has 0 bridgehead atoms. The molecule has 1 N–H and O–H groups in total. The van der Waals surface area contributed by atoms with E-state index >= 15 is 0 Å². The number of nitrogens with one attached hydrogen (secondary N) is 1. The van der Waals surface area contributed by atoms with E-state index < -0.39 is 0 Å². The van der Waals surface area contributed by atoms with Crippen LogP contribution in [0.2, 0.25) is 0 Å². The van der Waals surface area contributed by atoms with Gasteiger partial charge in [-0.25, -0.2) is 0 Å². The molecule has 0 fully saturated rings. The minimum absolute atomic E-state index is 0.0171. The number of carbonyl (C=O) groups excluding carboxylic acids is 1. The van der Waals surface area contributed by atoms with Crippen LogP contribution in [0.1, 0.15) is 41.0 Å². The van der Waals surface area contributed by atoms with E-state index in [2.05, 4.69) is 43.4 Å². The third kappa shape index (κ3) is 2.85. The number of amides is 1. The summed E-state index contributed by atoms with van der Waals surface area (Å²) < 4.78 is 0. The molecule has 2 nitrogen and oxygen atoms in total. The fourth-order valence-electron chi connectivity index (χ4n) is 3.07. The predicted octanol–water partition coefficient (Wildman–Crippen LogP) is 4.36. The summed E-state index contributed by atoms with van der Waals surface area (Å²) in [5.74, 6) is 0.0990. The Bertz CT molecular complexity index is 675. The number of benzene rings is 2. The number of carbonyl (C=O) groups is 1. The molecule has 3 rings (SSSR count). The van der Waals surface area contributed by atoms with Crippen LogP contribution in [0.15, 0.2) is 42.5 Å². The number of rotatable bonds is 2. The number of hydrogen-bond donors (Lipinski definition) is 1. The highest BCUT2D eigenvalue weighted by Gasteiger charge is 2.26. The fourth-order valence-corrected chi connectivity index (χ4v) is 3.07. The molecule has 1 amide bonds. The molecule has 0 spiro atoms. The summed E-state index contributed by atoms with van der Waals surface area (Å²) in [5, 5.41) is 3.08. The molecule has 2 aromatic carbocycles. The first-order valence-corrected chi connectivity index (χ1v) is 7.61. The first kappa shape index (κ1) is 13.9. The van der Waals surface area contributed by atoms with Crippen molar-refractivity contribution in [2.45, 2.75) is 39.0 Å². The lowest BCUT2D eigenvalue weighted by atomic mass is 9.82. The Labute approximate surface area is 126 Å². The molecule has 0 aliphatic heterocycles. The van der Waals surface area contributed by atoms with Gasteiger partial charge in [-0.05, 0) is 67.5 Å². The monoisotopic (exact) mass is 279 g/mol. The molecular weight excluding hydrogens is 258 g/mol. The Kier molecular flexibility index (Phi) is 3.78. The number of hydrogen-bond acceptors (Lipinski definition) is 1. The molecule has 2 aromatic rings. The third-order valence-corrected chi connectivity index (χ3v) is 4.46. The Morgan fingerprint density at radius 3 is 2.71 bits per heavy atom. The standard InChI is InChI=1S/C19H21NO/c1-13-10-11-16(12-14(13)2)20-19(21)18-9-5-7-15-6-3-4-8-17(15)18/h3-4,6,8,10-12,18H,5,7,9H2,1-2H3,(H,20,21). The molecule has 108 valence electrons. The van der Waals surface area contributed by atoms with Gasteiger partial charge < -0.3 is 5.32 Å². The zero-order valence-corrected chi connectivity index (χ0v) is 12.6. The minimum Gasteiger partial charge on any atom is -0.326 e. The average Bonchev–Trinajstić information content (AvgIpc) is 2.50. The summed E-state index contributed by atoms with van der Waals surface area (Å²) in [6.07, 6.45) is 3.11. The van der Waals surface area contributed by atoms with E-state index in [1.807, 2.05) is 18.2 Å². The summed E-state index contributed by atoms with van der Waals surface area (Å²) in [7, 11) is 0. The highest BCUT2D eigenvalue weighted by molar-refractivity contribution is 5.96. The maximum Gasteiger partial charge on any atom is 0.231 e. The Hall–Kier alpha value is -2.09. The Morgan fingerprint density at radius 1 is 1.10 bits per heavy atom. The maximum absolute atomic E-state index is 12.6. The van der Waals surface area contributed by atoms with E-state index in [4.69, 9.17) is 0 Å². The molecule has 0 saturated heterocycles. The average molecular weight is 279 g/mol. The van der Waals surface area contributed by atoms with Gasteiger partial charge in [-0.3, -0.25) is 4.79 Å². The Balaban J connectivity index is 1.81. The molecule has 0 heterocycles. The van der Waals surface area contributed by atoms with Crippen LogP contribution >= 0.6 is 0 Å². The van der Waals surface area contributed by atoms with Gasteiger partial charge in [0.15, 0.2) is 0 Å². The predicted molar refractivity (Wildman–Crippen MR) is 86.7 cm³/mol. The van der Waals surface area contributed by atoms with Crippen molar-refractivity contribution < 1.29 is 4.79 Å². The lowest BCUT2D eigenvalue weighted by Crippen LogP contribution is -2.24. The molecule has 1 atom stereocenters. The first-order valence-electron chi connectivity index (χ1n) is 7.61. The van der Waals surface area contributed by atoms with E-state index in [0.29, 0.717) is 0 Å². The molecule has 21 heavy (non-hydrogen) atoms. The van der Waals surface area contributed by atoms with Crippen LogP contribution in [0.3, 0.4) is 0 Å². The highest BCUT2D eigenvalue weighted by Crippen LogP contribution is 2.32. The molecule has 1 aliphatic rings. The van der Waals surface area contributed by atoms with E-state index in [1.165, 1.54) is 22.3 Å². The van der Waals surface area contributed by atoms with E-state index in [9.17, 15) is 4.79 Å². The van der Waals surface area contributed by atoms with Crippen LogP contribution in [0, 0.1) is 13.8 Å². The summed E-state index contributed by atoms with van der Waals surface area (Å²) in [5.41, 5.74) is 5.87.